The Bertz CT molecular complexity index is 585. The Morgan fingerprint density at radius 3 is 2.65 bits per heavy atom. The molecule has 1 amide bonds. The van der Waals surface area contributed by atoms with Crippen LogP contribution in [0, 0.1) is 0 Å². The average Bonchev–Trinajstić information content (AvgIpc) is 2.38. The molecular formula is C13H14ClN5O. The first kappa shape index (κ1) is 14.1. The molecule has 1 aromatic carbocycles. The zero-order valence-corrected chi connectivity index (χ0v) is 11.6. The van der Waals surface area contributed by atoms with Crippen LogP contribution < -0.4 is 16.4 Å². The quantitative estimate of drug-likeness (QED) is 0.751. The van der Waals surface area contributed by atoms with E-state index in [0.29, 0.717) is 5.82 Å². The van der Waals surface area contributed by atoms with Crippen molar-refractivity contribution < 1.29 is 4.79 Å². The van der Waals surface area contributed by atoms with Crippen LogP contribution >= 0.6 is 11.6 Å². The molecule has 0 aliphatic rings. The molecular weight excluding hydrogens is 278 g/mol. The average molecular weight is 292 g/mol. The van der Waals surface area contributed by atoms with Gasteiger partial charge in [0.05, 0.1) is 0 Å². The molecule has 20 heavy (non-hydrogen) atoms. The van der Waals surface area contributed by atoms with Gasteiger partial charge in [-0.25, -0.2) is 4.98 Å². The van der Waals surface area contributed by atoms with E-state index < -0.39 is 6.04 Å². The van der Waals surface area contributed by atoms with Crippen LogP contribution in [-0.4, -0.2) is 21.9 Å². The number of amides is 1. The predicted molar refractivity (Wildman–Crippen MR) is 79.6 cm³/mol. The lowest BCUT2D eigenvalue weighted by molar-refractivity contribution is -0.116. The number of nitrogen functional groups attached to an aromatic ring is 1. The lowest BCUT2D eigenvalue weighted by Crippen LogP contribution is -2.32. The second-order valence-corrected chi connectivity index (χ2v) is 4.54. The number of nitrogens with zero attached hydrogens (tertiary/aromatic N) is 2. The first-order valence-electron chi connectivity index (χ1n) is 5.97. The van der Waals surface area contributed by atoms with Gasteiger partial charge in [0.1, 0.15) is 17.0 Å². The molecule has 0 radical (unpaired) electrons. The summed E-state index contributed by atoms with van der Waals surface area (Å²) in [6.45, 7) is 1.71. The third kappa shape index (κ3) is 3.83. The third-order valence-corrected chi connectivity index (χ3v) is 2.70. The summed E-state index contributed by atoms with van der Waals surface area (Å²) in [6, 6.07) is 10.2. The van der Waals surface area contributed by atoms with Gasteiger partial charge in [-0.3, -0.25) is 4.79 Å². The number of aromatic nitrogens is 2. The highest BCUT2D eigenvalue weighted by atomic mass is 35.5. The molecule has 4 N–H and O–H groups in total. The topological polar surface area (TPSA) is 92.9 Å². The van der Waals surface area contributed by atoms with Gasteiger partial charge in [-0.05, 0) is 19.1 Å². The van der Waals surface area contributed by atoms with Crippen molar-refractivity contribution in [3.05, 3.63) is 41.6 Å². The van der Waals surface area contributed by atoms with Crippen molar-refractivity contribution in [2.45, 2.75) is 13.0 Å². The normalized spacial score (nSPS) is 11.7. The van der Waals surface area contributed by atoms with Crippen molar-refractivity contribution in [2.24, 2.45) is 0 Å². The lowest BCUT2D eigenvalue weighted by Gasteiger charge is -2.14. The smallest absolute Gasteiger partial charge is 0.246 e. The minimum Gasteiger partial charge on any atom is -0.368 e. The number of nitrogens with two attached hydrogens (primary N) is 1. The van der Waals surface area contributed by atoms with E-state index in [4.69, 9.17) is 17.3 Å². The molecule has 0 aliphatic heterocycles. The number of nitrogens with one attached hydrogen (secondary N) is 2. The van der Waals surface area contributed by atoms with E-state index in [-0.39, 0.29) is 17.0 Å². The van der Waals surface area contributed by atoms with Gasteiger partial charge in [-0.15, -0.1) is 0 Å². The van der Waals surface area contributed by atoms with Crippen LogP contribution in [0.1, 0.15) is 6.92 Å². The van der Waals surface area contributed by atoms with Crippen molar-refractivity contribution in [3.63, 3.8) is 0 Å². The predicted octanol–water partition coefficient (Wildman–Crippen LogP) is 2.15. The highest BCUT2D eigenvalue weighted by Crippen LogP contribution is 2.14. The van der Waals surface area contributed by atoms with E-state index in [9.17, 15) is 4.79 Å². The van der Waals surface area contributed by atoms with Gasteiger partial charge in [-0.2, -0.15) is 4.98 Å². The van der Waals surface area contributed by atoms with E-state index in [1.807, 2.05) is 30.3 Å². The first-order valence-corrected chi connectivity index (χ1v) is 6.35. The molecule has 0 unspecified atom stereocenters. The molecule has 0 spiro atoms. The fourth-order valence-electron chi connectivity index (χ4n) is 1.57. The molecule has 2 rings (SSSR count). The standard InChI is InChI=1S/C13H14ClN5O/c1-8(12(20)17-9-5-3-2-4-6-9)16-11-7-10(14)18-13(15)19-11/h2-8H,1H3,(H,17,20)(H3,15,16,18,19)/t8-/m1/s1. The molecule has 2 aromatic rings. The number of anilines is 3. The minimum atomic E-state index is -0.499. The number of carbonyl (C=O) groups is 1. The molecule has 0 saturated carbocycles. The van der Waals surface area contributed by atoms with Crippen molar-refractivity contribution in [2.75, 3.05) is 16.4 Å². The second kappa shape index (κ2) is 6.21. The summed E-state index contributed by atoms with van der Waals surface area (Å²) in [5.41, 5.74) is 6.22. The maximum Gasteiger partial charge on any atom is 0.246 e. The van der Waals surface area contributed by atoms with Crippen molar-refractivity contribution >= 4 is 35.0 Å². The zero-order chi connectivity index (χ0) is 14.5. The number of carbonyl (C=O) groups excluding carboxylic acids is 1. The number of para-hydroxylation sites is 1. The summed E-state index contributed by atoms with van der Waals surface area (Å²) in [7, 11) is 0. The van der Waals surface area contributed by atoms with E-state index in [0.717, 1.165) is 5.69 Å². The van der Waals surface area contributed by atoms with Crippen LogP contribution in [0.2, 0.25) is 5.15 Å². The maximum atomic E-state index is 12.0. The summed E-state index contributed by atoms with van der Waals surface area (Å²) >= 11 is 5.77. The number of hydrogen-bond acceptors (Lipinski definition) is 5. The fourth-order valence-corrected chi connectivity index (χ4v) is 1.76. The van der Waals surface area contributed by atoms with Gasteiger partial charge >= 0.3 is 0 Å². The minimum absolute atomic E-state index is 0.0515. The fraction of sp³-hybridized carbons (Fsp3) is 0.154. The number of rotatable bonds is 4. The van der Waals surface area contributed by atoms with Gasteiger partial charge < -0.3 is 16.4 Å². The molecule has 0 saturated heterocycles. The van der Waals surface area contributed by atoms with Crippen LogP contribution in [0.3, 0.4) is 0 Å². The van der Waals surface area contributed by atoms with Crippen LogP contribution in [0.25, 0.3) is 0 Å². The van der Waals surface area contributed by atoms with Crippen molar-refractivity contribution in [1.29, 1.82) is 0 Å². The molecule has 1 heterocycles. The number of halogens is 1. The van der Waals surface area contributed by atoms with Crippen molar-refractivity contribution in [3.8, 4) is 0 Å². The molecule has 7 heteroatoms. The zero-order valence-electron chi connectivity index (χ0n) is 10.8. The molecule has 1 atom stereocenters. The van der Waals surface area contributed by atoms with Gasteiger partial charge in [0.15, 0.2) is 0 Å². The van der Waals surface area contributed by atoms with Crippen LogP contribution in [0.15, 0.2) is 36.4 Å². The Labute approximate surface area is 121 Å². The summed E-state index contributed by atoms with van der Waals surface area (Å²) in [4.78, 5) is 19.7. The monoisotopic (exact) mass is 291 g/mol. The van der Waals surface area contributed by atoms with Gasteiger partial charge in [-0.1, -0.05) is 29.8 Å². The van der Waals surface area contributed by atoms with Crippen LogP contribution in [-0.2, 0) is 4.79 Å². The summed E-state index contributed by atoms with van der Waals surface area (Å²) in [5.74, 6) is 0.262. The van der Waals surface area contributed by atoms with Crippen molar-refractivity contribution in [1.82, 2.24) is 9.97 Å². The molecule has 1 aromatic heterocycles. The second-order valence-electron chi connectivity index (χ2n) is 4.16. The molecule has 0 bridgehead atoms. The summed E-state index contributed by atoms with van der Waals surface area (Å²) in [6.07, 6.45) is 0. The SMILES string of the molecule is C[C@@H](Nc1cc(Cl)nc(N)n1)C(=O)Nc1ccccc1. The Morgan fingerprint density at radius 1 is 1.30 bits per heavy atom. The highest BCUT2D eigenvalue weighted by Gasteiger charge is 2.14. The maximum absolute atomic E-state index is 12.0. The highest BCUT2D eigenvalue weighted by molar-refractivity contribution is 6.29. The number of hydrogen-bond donors (Lipinski definition) is 3. The van der Waals surface area contributed by atoms with E-state index in [2.05, 4.69) is 20.6 Å². The van der Waals surface area contributed by atoms with Gasteiger partial charge in [0.25, 0.3) is 0 Å². The molecule has 0 aliphatic carbocycles. The molecule has 0 fully saturated rings. The first-order chi connectivity index (χ1) is 9.54. The largest absolute Gasteiger partial charge is 0.368 e. The summed E-state index contributed by atoms with van der Waals surface area (Å²) < 4.78 is 0. The lowest BCUT2D eigenvalue weighted by atomic mass is 10.2. The van der Waals surface area contributed by atoms with Crippen LogP contribution in [0.4, 0.5) is 17.5 Å². The third-order valence-electron chi connectivity index (χ3n) is 2.51. The van der Waals surface area contributed by atoms with Gasteiger partial charge in [0, 0.05) is 11.8 Å². The molecule has 104 valence electrons. The Hall–Kier alpha value is -2.34. The number of benzene rings is 1. The Morgan fingerprint density at radius 2 is 2.00 bits per heavy atom. The summed E-state index contributed by atoms with van der Waals surface area (Å²) in [5, 5.41) is 5.92. The van der Waals surface area contributed by atoms with E-state index >= 15 is 0 Å². The van der Waals surface area contributed by atoms with E-state index in [1.165, 1.54) is 6.07 Å². The molecule has 6 nitrogen and oxygen atoms in total. The van der Waals surface area contributed by atoms with E-state index in [1.54, 1.807) is 6.92 Å². The van der Waals surface area contributed by atoms with Crippen LogP contribution in [0.5, 0.6) is 0 Å². The Balaban J connectivity index is 2.00. The Kier molecular flexibility index (Phi) is 4.37. The van der Waals surface area contributed by atoms with Gasteiger partial charge in [0.2, 0.25) is 11.9 Å².